The van der Waals surface area contributed by atoms with Crippen LogP contribution in [0.4, 0.5) is 0 Å². The van der Waals surface area contributed by atoms with Crippen LogP contribution in [0, 0.1) is 0 Å². The van der Waals surface area contributed by atoms with E-state index in [-0.39, 0.29) is 5.91 Å². The smallest absolute Gasteiger partial charge is 0.246 e. The highest BCUT2D eigenvalue weighted by atomic mass is 16.7. The number of carbonyl (C=O) groups is 1. The molecule has 0 aliphatic carbocycles. The molecule has 24 heavy (non-hydrogen) atoms. The van der Waals surface area contributed by atoms with Crippen LogP contribution >= 0.6 is 0 Å². The number of ether oxygens (including phenoxy) is 2. The summed E-state index contributed by atoms with van der Waals surface area (Å²) in [5.74, 6) is -0.138. The third-order valence-electron chi connectivity index (χ3n) is 3.87. The number of amides is 1. The highest BCUT2D eigenvalue weighted by Crippen LogP contribution is 2.22. The maximum atomic E-state index is 11.3. The van der Waals surface area contributed by atoms with Crippen LogP contribution in [-0.2, 0) is 14.3 Å². The van der Waals surface area contributed by atoms with Gasteiger partial charge in [-0.3, -0.25) is 4.79 Å². The highest BCUT2D eigenvalue weighted by Gasteiger charge is 2.43. The summed E-state index contributed by atoms with van der Waals surface area (Å²) in [7, 11) is 0. The molecule has 0 unspecified atom stereocenters. The van der Waals surface area contributed by atoms with Gasteiger partial charge in [0.05, 0.1) is 6.61 Å². The fraction of sp³-hybridized carbons (Fsp3) is 0.812. The fourth-order valence-corrected chi connectivity index (χ4v) is 2.34. The minimum Gasteiger partial charge on any atom is -0.394 e. The molecule has 8 heteroatoms. The van der Waals surface area contributed by atoms with E-state index in [0.29, 0.717) is 18.7 Å². The van der Waals surface area contributed by atoms with Crippen LogP contribution in [0.15, 0.2) is 12.2 Å². The molecule has 0 aromatic carbocycles. The molecule has 1 rings (SSSR count). The SMILES string of the molecule is C=C(C)C(=O)NCCCCCCO[C@H]1O[C@H](CO)[C@@H](O)[C@H](O)[C@@H]1O. The van der Waals surface area contributed by atoms with Crippen molar-refractivity contribution in [1.82, 2.24) is 5.32 Å². The number of carbonyl (C=O) groups excluding carboxylic acids is 1. The summed E-state index contributed by atoms with van der Waals surface area (Å²) in [6.45, 7) is 5.66. The first-order valence-corrected chi connectivity index (χ1v) is 8.24. The molecule has 0 aromatic rings. The Balaban J connectivity index is 2.12. The van der Waals surface area contributed by atoms with Crippen LogP contribution in [0.1, 0.15) is 32.6 Å². The van der Waals surface area contributed by atoms with Crippen molar-refractivity contribution in [2.45, 2.75) is 63.3 Å². The molecular formula is C16H29NO7. The van der Waals surface area contributed by atoms with Crippen LogP contribution in [0.25, 0.3) is 0 Å². The van der Waals surface area contributed by atoms with Gasteiger partial charge in [0.2, 0.25) is 5.91 Å². The lowest BCUT2D eigenvalue weighted by molar-refractivity contribution is -0.301. The highest BCUT2D eigenvalue weighted by molar-refractivity contribution is 5.91. The Bertz CT molecular complexity index is 402. The lowest BCUT2D eigenvalue weighted by Gasteiger charge is -2.39. The van der Waals surface area contributed by atoms with Crippen LogP contribution in [-0.4, -0.2) is 76.8 Å². The predicted octanol–water partition coefficient (Wildman–Crippen LogP) is -0.944. The molecule has 1 aliphatic rings. The zero-order valence-corrected chi connectivity index (χ0v) is 14.1. The molecule has 0 spiro atoms. The van der Waals surface area contributed by atoms with Gasteiger partial charge in [-0.2, -0.15) is 0 Å². The summed E-state index contributed by atoms with van der Waals surface area (Å²) >= 11 is 0. The molecule has 0 radical (unpaired) electrons. The van der Waals surface area contributed by atoms with Crippen molar-refractivity contribution >= 4 is 5.91 Å². The molecule has 0 saturated carbocycles. The molecule has 1 heterocycles. The van der Waals surface area contributed by atoms with Crippen molar-refractivity contribution in [3.8, 4) is 0 Å². The normalized spacial score (nSPS) is 30.1. The van der Waals surface area contributed by atoms with Gasteiger partial charge in [-0.25, -0.2) is 0 Å². The van der Waals surface area contributed by atoms with E-state index < -0.39 is 37.3 Å². The average molecular weight is 347 g/mol. The van der Waals surface area contributed by atoms with Gasteiger partial charge in [-0.1, -0.05) is 19.4 Å². The average Bonchev–Trinajstić information content (AvgIpc) is 2.56. The number of aliphatic hydroxyl groups excluding tert-OH is 4. The molecule has 1 fully saturated rings. The van der Waals surface area contributed by atoms with Crippen molar-refractivity contribution in [3.05, 3.63) is 12.2 Å². The van der Waals surface area contributed by atoms with Crippen LogP contribution in [0.5, 0.6) is 0 Å². The Kier molecular flexibility index (Phi) is 9.42. The van der Waals surface area contributed by atoms with E-state index in [9.17, 15) is 20.1 Å². The molecule has 5 atom stereocenters. The quantitative estimate of drug-likeness (QED) is 0.255. The Labute approximate surface area is 142 Å². The molecule has 1 saturated heterocycles. The Morgan fingerprint density at radius 2 is 1.79 bits per heavy atom. The van der Waals surface area contributed by atoms with Crippen molar-refractivity contribution in [3.63, 3.8) is 0 Å². The summed E-state index contributed by atoms with van der Waals surface area (Å²) in [5.41, 5.74) is 0.489. The van der Waals surface area contributed by atoms with Crippen LogP contribution in [0.3, 0.4) is 0 Å². The van der Waals surface area contributed by atoms with E-state index in [4.69, 9.17) is 14.6 Å². The molecular weight excluding hydrogens is 318 g/mol. The number of unbranched alkanes of at least 4 members (excludes halogenated alkanes) is 3. The summed E-state index contributed by atoms with van der Waals surface area (Å²) in [5, 5.41) is 40.9. The van der Waals surface area contributed by atoms with Gasteiger partial charge in [0.15, 0.2) is 6.29 Å². The van der Waals surface area contributed by atoms with Gasteiger partial charge in [-0.15, -0.1) is 0 Å². The summed E-state index contributed by atoms with van der Waals surface area (Å²) in [6.07, 6.45) is -2.82. The number of rotatable bonds is 10. The number of hydrogen-bond acceptors (Lipinski definition) is 7. The Morgan fingerprint density at radius 3 is 2.42 bits per heavy atom. The second-order valence-electron chi connectivity index (χ2n) is 6.02. The zero-order valence-electron chi connectivity index (χ0n) is 14.1. The fourth-order valence-electron chi connectivity index (χ4n) is 2.34. The van der Waals surface area contributed by atoms with Gasteiger partial charge in [0, 0.05) is 18.7 Å². The lowest BCUT2D eigenvalue weighted by Crippen LogP contribution is -2.59. The molecule has 1 amide bonds. The first-order chi connectivity index (χ1) is 11.4. The maximum absolute atomic E-state index is 11.3. The standard InChI is InChI=1S/C16H29NO7/c1-10(2)15(22)17-7-5-3-4-6-8-23-16-14(21)13(20)12(19)11(9-18)24-16/h11-14,16,18-21H,1,3-9H2,2H3,(H,17,22)/t11-,12-,13+,14+,16+/m1/s1. The maximum Gasteiger partial charge on any atom is 0.246 e. The predicted molar refractivity (Wildman–Crippen MR) is 86.0 cm³/mol. The van der Waals surface area contributed by atoms with Gasteiger partial charge < -0.3 is 35.2 Å². The Morgan fingerprint density at radius 1 is 1.12 bits per heavy atom. The minimum absolute atomic E-state index is 0.138. The van der Waals surface area contributed by atoms with Crippen molar-refractivity contribution in [2.24, 2.45) is 0 Å². The lowest BCUT2D eigenvalue weighted by atomic mass is 9.99. The summed E-state index contributed by atoms with van der Waals surface area (Å²) in [4.78, 5) is 11.3. The number of nitrogens with one attached hydrogen (secondary N) is 1. The van der Waals surface area contributed by atoms with Crippen LogP contribution in [0.2, 0.25) is 0 Å². The largest absolute Gasteiger partial charge is 0.394 e. The number of aliphatic hydroxyl groups is 4. The third kappa shape index (κ3) is 6.46. The van der Waals surface area contributed by atoms with Crippen molar-refractivity contribution < 1.29 is 34.7 Å². The first kappa shape index (κ1) is 21.0. The van der Waals surface area contributed by atoms with E-state index >= 15 is 0 Å². The van der Waals surface area contributed by atoms with Gasteiger partial charge in [-0.05, 0) is 19.8 Å². The van der Waals surface area contributed by atoms with E-state index in [1.54, 1.807) is 6.92 Å². The number of hydrogen-bond donors (Lipinski definition) is 5. The van der Waals surface area contributed by atoms with Gasteiger partial charge in [0.25, 0.3) is 0 Å². The second-order valence-corrected chi connectivity index (χ2v) is 6.02. The molecule has 5 N–H and O–H groups in total. The van der Waals surface area contributed by atoms with Gasteiger partial charge in [0.1, 0.15) is 24.4 Å². The van der Waals surface area contributed by atoms with Crippen LogP contribution < -0.4 is 5.32 Å². The van der Waals surface area contributed by atoms with E-state index in [1.165, 1.54) is 0 Å². The first-order valence-electron chi connectivity index (χ1n) is 8.24. The molecule has 1 aliphatic heterocycles. The topological polar surface area (TPSA) is 128 Å². The molecule has 0 aromatic heterocycles. The van der Waals surface area contributed by atoms with Crippen molar-refractivity contribution in [2.75, 3.05) is 19.8 Å². The molecule has 140 valence electrons. The monoisotopic (exact) mass is 347 g/mol. The third-order valence-corrected chi connectivity index (χ3v) is 3.87. The molecule has 0 bridgehead atoms. The van der Waals surface area contributed by atoms with E-state index in [1.807, 2.05) is 0 Å². The van der Waals surface area contributed by atoms with E-state index in [0.717, 1.165) is 25.7 Å². The minimum atomic E-state index is -1.42. The summed E-state index contributed by atoms with van der Waals surface area (Å²) < 4.78 is 10.6. The van der Waals surface area contributed by atoms with E-state index in [2.05, 4.69) is 11.9 Å². The second kappa shape index (κ2) is 10.8. The van der Waals surface area contributed by atoms with Crippen molar-refractivity contribution in [1.29, 1.82) is 0 Å². The summed E-state index contributed by atoms with van der Waals surface area (Å²) in [6, 6.07) is 0. The van der Waals surface area contributed by atoms with Gasteiger partial charge >= 0.3 is 0 Å². The molecule has 8 nitrogen and oxygen atoms in total. The zero-order chi connectivity index (χ0) is 18.1. The Hall–Kier alpha value is -1.03.